The molecule has 1 heteroatoms. The number of benzene rings is 8. The molecule has 0 unspecified atom stereocenters. The maximum atomic E-state index is 9.36. The van der Waals surface area contributed by atoms with E-state index >= 15 is 0 Å². The minimum atomic E-state index is -0.480. The van der Waals surface area contributed by atoms with Crippen molar-refractivity contribution >= 4 is 43.5 Å². The van der Waals surface area contributed by atoms with Crippen LogP contribution in [0.15, 0.2) is 174 Å². The zero-order valence-corrected chi connectivity index (χ0v) is 23.9. The Labute approximate surface area is 274 Å². The summed E-state index contributed by atoms with van der Waals surface area (Å²) in [6.07, 6.45) is 0. The Hall–Kier alpha value is -5.92. The maximum absolute atomic E-state index is 9.36. The Bertz CT molecular complexity index is 2960. The quantitative estimate of drug-likeness (QED) is 0.188. The van der Waals surface area contributed by atoms with Gasteiger partial charge in [0.15, 0.2) is 0 Å². The van der Waals surface area contributed by atoms with Gasteiger partial charge in [-0.2, -0.15) is 0 Å². The van der Waals surface area contributed by atoms with Gasteiger partial charge in [0.1, 0.15) is 11.2 Å². The van der Waals surface area contributed by atoms with Crippen LogP contribution >= 0.6 is 0 Å². The molecule has 0 atom stereocenters. The molecule has 0 spiro atoms. The molecule has 0 aliphatic heterocycles. The molecule has 210 valence electrons. The monoisotopic (exact) mass is 581 g/mol. The number of furan rings is 1. The average molecular weight is 582 g/mol. The average Bonchev–Trinajstić information content (AvgIpc) is 3.58. The molecule has 0 aliphatic rings. The van der Waals surface area contributed by atoms with Crippen LogP contribution in [-0.2, 0) is 0 Å². The second-order valence-corrected chi connectivity index (χ2v) is 10.9. The Morgan fingerprint density at radius 1 is 0.356 bits per heavy atom. The molecule has 8 aromatic carbocycles. The zero-order chi connectivity index (χ0) is 37.6. The summed E-state index contributed by atoms with van der Waals surface area (Å²) < 4.78 is 85.9. The van der Waals surface area contributed by atoms with Crippen LogP contribution in [0, 0.1) is 0 Å². The first-order chi connectivity index (χ1) is 26.1. The van der Waals surface area contributed by atoms with Crippen LogP contribution < -0.4 is 0 Å². The summed E-state index contributed by atoms with van der Waals surface area (Å²) in [5.41, 5.74) is 5.05. The third-order valence-corrected chi connectivity index (χ3v) is 8.49. The molecule has 0 N–H and O–H groups in total. The van der Waals surface area contributed by atoms with Crippen molar-refractivity contribution in [1.82, 2.24) is 0 Å². The first-order valence-electron chi connectivity index (χ1n) is 19.2. The van der Waals surface area contributed by atoms with Gasteiger partial charge in [-0.3, -0.25) is 0 Å². The number of hydrogen-bond acceptors (Lipinski definition) is 1. The van der Waals surface area contributed by atoms with Gasteiger partial charge >= 0.3 is 0 Å². The summed E-state index contributed by atoms with van der Waals surface area (Å²) in [7, 11) is 0. The lowest BCUT2D eigenvalue weighted by Gasteiger charge is -2.21. The summed E-state index contributed by atoms with van der Waals surface area (Å²) in [4.78, 5) is 0. The Kier molecular flexibility index (Phi) is 4.15. The van der Waals surface area contributed by atoms with E-state index in [4.69, 9.17) is 15.4 Å². The number of hydrogen-bond donors (Lipinski definition) is 0. The highest BCUT2D eigenvalue weighted by molar-refractivity contribution is 6.28. The van der Waals surface area contributed by atoms with E-state index in [-0.39, 0.29) is 41.8 Å². The second kappa shape index (κ2) is 10.4. The lowest BCUT2D eigenvalue weighted by Crippen LogP contribution is -1.94. The summed E-state index contributed by atoms with van der Waals surface area (Å²) in [5.74, 6) is 0. The number of para-hydroxylation sites is 1. The van der Waals surface area contributed by atoms with E-state index in [2.05, 4.69) is 0 Å². The highest BCUT2D eigenvalue weighted by Gasteiger charge is 2.24. The minimum absolute atomic E-state index is 0.0592. The standard InChI is InChI=1S/C44H28O/c1-3-15-29(16-4-1)31-19-7-8-20-33(31)41-34-21-9-11-23-36(34)42(37-24-12-10-22-35(37)41)44-32(30-17-5-2-6-18-30)27-28-40-43(44)38-25-13-14-26-39(38)45-40/h1-28H/i2D,5D,6D,7D,8D,17D,18D,19D,20D. The summed E-state index contributed by atoms with van der Waals surface area (Å²) in [6.45, 7) is 0. The summed E-state index contributed by atoms with van der Waals surface area (Å²) >= 11 is 0. The van der Waals surface area contributed by atoms with E-state index in [1.54, 1.807) is 12.1 Å². The molecule has 45 heavy (non-hydrogen) atoms. The zero-order valence-electron chi connectivity index (χ0n) is 32.9. The van der Waals surface area contributed by atoms with E-state index in [1.807, 2.05) is 103 Å². The SMILES string of the molecule is [2H]c1c([2H])c([2H])c(-c2ccc3oc4ccccc4c3c2-c2c3ccccc3c(-c3c([2H])c([2H])c([2H])c([2H])c3-c3ccccc3)c3ccccc23)c([2H])c1[2H]. The van der Waals surface area contributed by atoms with Crippen LogP contribution in [0.25, 0.3) is 88.0 Å². The molecule has 1 nitrogen and oxygen atoms in total. The van der Waals surface area contributed by atoms with Gasteiger partial charge in [-0.1, -0.05) is 158 Å². The molecule has 0 aliphatic carbocycles. The fourth-order valence-corrected chi connectivity index (χ4v) is 6.66. The van der Waals surface area contributed by atoms with E-state index in [0.29, 0.717) is 60.7 Å². The van der Waals surface area contributed by atoms with Gasteiger partial charge in [0.05, 0.1) is 12.3 Å². The van der Waals surface area contributed by atoms with Gasteiger partial charge < -0.3 is 4.42 Å². The van der Waals surface area contributed by atoms with E-state index in [9.17, 15) is 1.37 Å². The number of fused-ring (bicyclic) bond motifs is 5. The normalized spacial score (nSPS) is 14.4. The highest BCUT2D eigenvalue weighted by atomic mass is 16.3. The van der Waals surface area contributed by atoms with E-state index in [0.717, 1.165) is 21.7 Å². The van der Waals surface area contributed by atoms with Gasteiger partial charge in [-0.05, 0) is 72.6 Å². The molecule has 1 aromatic heterocycles. The molecule has 0 radical (unpaired) electrons. The van der Waals surface area contributed by atoms with Crippen molar-refractivity contribution in [2.24, 2.45) is 0 Å². The van der Waals surface area contributed by atoms with Gasteiger partial charge in [-0.25, -0.2) is 0 Å². The lowest BCUT2D eigenvalue weighted by molar-refractivity contribution is 0.669. The van der Waals surface area contributed by atoms with Crippen LogP contribution in [0.4, 0.5) is 0 Å². The molecule has 9 aromatic rings. The molecule has 9 rings (SSSR count). The molecule has 0 saturated carbocycles. The molecule has 1 heterocycles. The van der Waals surface area contributed by atoms with Crippen molar-refractivity contribution in [1.29, 1.82) is 0 Å². The molecular formula is C44H28O. The van der Waals surface area contributed by atoms with Crippen LogP contribution in [0.3, 0.4) is 0 Å². The molecule has 0 amide bonds. The maximum Gasteiger partial charge on any atom is 0.136 e. The van der Waals surface area contributed by atoms with Gasteiger partial charge in [-0.15, -0.1) is 0 Å². The summed E-state index contributed by atoms with van der Waals surface area (Å²) in [5, 5.41) is 4.41. The smallest absolute Gasteiger partial charge is 0.136 e. The first kappa shape index (κ1) is 18.0. The predicted octanol–water partition coefficient (Wildman–Crippen LogP) is 12.6. The van der Waals surface area contributed by atoms with Crippen molar-refractivity contribution in [3.63, 3.8) is 0 Å². The first-order valence-corrected chi connectivity index (χ1v) is 14.7. The molecule has 0 saturated heterocycles. The third kappa shape index (κ3) is 4.02. The largest absolute Gasteiger partial charge is 0.456 e. The lowest BCUT2D eigenvalue weighted by atomic mass is 9.81. The fourth-order valence-electron chi connectivity index (χ4n) is 6.66. The molecule has 0 bridgehead atoms. The second-order valence-electron chi connectivity index (χ2n) is 10.9. The van der Waals surface area contributed by atoms with Gasteiger partial charge in [0, 0.05) is 16.3 Å². The van der Waals surface area contributed by atoms with Crippen molar-refractivity contribution in [2.75, 3.05) is 0 Å². The van der Waals surface area contributed by atoms with Crippen molar-refractivity contribution in [3.05, 3.63) is 170 Å². The Morgan fingerprint density at radius 2 is 0.911 bits per heavy atom. The Balaban J connectivity index is 1.53. The van der Waals surface area contributed by atoms with E-state index < -0.39 is 18.1 Å². The third-order valence-electron chi connectivity index (χ3n) is 8.49. The van der Waals surface area contributed by atoms with Crippen LogP contribution in [-0.4, -0.2) is 0 Å². The van der Waals surface area contributed by atoms with E-state index in [1.165, 1.54) is 0 Å². The van der Waals surface area contributed by atoms with Crippen LogP contribution in [0.1, 0.15) is 12.3 Å². The topological polar surface area (TPSA) is 13.1 Å². The predicted molar refractivity (Wildman–Crippen MR) is 190 cm³/mol. The fraction of sp³-hybridized carbons (Fsp3) is 0. The van der Waals surface area contributed by atoms with Gasteiger partial charge in [0.25, 0.3) is 0 Å². The minimum Gasteiger partial charge on any atom is -0.456 e. The van der Waals surface area contributed by atoms with Crippen molar-refractivity contribution < 1.29 is 16.8 Å². The van der Waals surface area contributed by atoms with Gasteiger partial charge in [0.2, 0.25) is 0 Å². The summed E-state index contributed by atoms with van der Waals surface area (Å²) in [6, 6.07) is 32.8. The van der Waals surface area contributed by atoms with Crippen molar-refractivity contribution in [2.45, 2.75) is 0 Å². The van der Waals surface area contributed by atoms with Crippen LogP contribution in [0.2, 0.25) is 0 Å². The van der Waals surface area contributed by atoms with Crippen molar-refractivity contribution in [3.8, 4) is 44.5 Å². The molecule has 0 fully saturated rings. The highest BCUT2D eigenvalue weighted by Crippen LogP contribution is 2.50. The molecular weight excluding hydrogens is 544 g/mol. The Morgan fingerprint density at radius 3 is 1.60 bits per heavy atom. The number of rotatable bonds is 4. The van der Waals surface area contributed by atoms with Crippen LogP contribution in [0.5, 0.6) is 0 Å².